The Morgan fingerprint density at radius 1 is 1.55 bits per heavy atom. The lowest BCUT2D eigenvalue weighted by molar-refractivity contribution is -0.425. The molecule has 1 saturated heterocycles. The van der Waals surface area contributed by atoms with E-state index < -0.39 is 9.84 Å². The van der Waals surface area contributed by atoms with Crippen LogP contribution >= 0.6 is 0 Å². The highest BCUT2D eigenvalue weighted by Crippen LogP contribution is 2.19. The van der Waals surface area contributed by atoms with Gasteiger partial charge < -0.3 is 18.1 Å². The average molecular weight is 200 g/mol. The molecule has 2 atom stereocenters. The fraction of sp³-hybridized carbons (Fsp3) is 1.00. The monoisotopic (exact) mass is 199 g/mol. The predicted octanol–water partition coefficient (Wildman–Crippen LogP) is -3.94. The summed E-state index contributed by atoms with van der Waals surface area (Å²) in [5.74, 6) is 1.04. The maximum Gasteiger partial charge on any atom is 0.150 e. The summed E-state index contributed by atoms with van der Waals surface area (Å²) in [6.45, 7) is 1.98. The fourth-order valence-electron chi connectivity index (χ4n) is 1.27. The molecule has 1 rings (SSSR count). The molecule has 0 saturated carbocycles. The van der Waals surface area contributed by atoms with Crippen LogP contribution in [0.3, 0.4) is 0 Å². The Morgan fingerprint density at radius 2 is 2.09 bits per heavy atom. The van der Waals surface area contributed by atoms with Crippen LogP contribution in [-0.2, 0) is 9.84 Å². The Balaban J connectivity index is 0.000001000. The van der Waals surface area contributed by atoms with Gasteiger partial charge in [-0.1, -0.05) is 0 Å². The molecule has 0 amide bonds. The molecule has 0 aromatic carbocycles. The third-order valence-electron chi connectivity index (χ3n) is 2.07. The lowest BCUT2D eigenvalue weighted by Crippen LogP contribution is -3.00. The first kappa shape index (κ1) is 11.2. The molecule has 3 nitrogen and oxygen atoms in total. The number of halogens is 1. The van der Waals surface area contributed by atoms with E-state index in [0.29, 0.717) is 17.4 Å². The second kappa shape index (κ2) is 3.74. The van der Waals surface area contributed by atoms with Gasteiger partial charge in [-0.25, -0.2) is 8.42 Å². The SMILES string of the molecule is CC([NH3+])C1CCS(=O)(=O)C1.[Cl-]. The van der Waals surface area contributed by atoms with E-state index in [-0.39, 0.29) is 18.4 Å². The summed E-state index contributed by atoms with van der Waals surface area (Å²) in [6.07, 6.45) is 0.812. The first-order valence-corrected chi connectivity index (χ1v) is 5.37. The van der Waals surface area contributed by atoms with Gasteiger partial charge in [0, 0.05) is 5.92 Å². The van der Waals surface area contributed by atoms with Gasteiger partial charge in [0.1, 0.15) is 0 Å². The van der Waals surface area contributed by atoms with Crippen LogP contribution in [0.4, 0.5) is 0 Å². The van der Waals surface area contributed by atoms with Crippen molar-refractivity contribution in [1.29, 1.82) is 0 Å². The van der Waals surface area contributed by atoms with Crippen molar-refractivity contribution >= 4 is 9.84 Å². The first-order valence-electron chi connectivity index (χ1n) is 3.55. The molecular weight excluding hydrogens is 186 g/mol. The molecule has 2 unspecified atom stereocenters. The van der Waals surface area contributed by atoms with Crippen molar-refractivity contribution < 1.29 is 26.6 Å². The van der Waals surface area contributed by atoms with Crippen LogP contribution in [0.5, 0.6) is 0 Å². The predicted molar refractivity (Wildman–Crippen MR) is 39.1 cm³/mol. The summed E-state index contributed by atoms with van der Waals surface area (Å²) in [7, 11) is -2.68. The number of hydrogen-bond acceptors (Lipinski definition) is 2. The minimum atomic E-state index is -2.68. The van der Waals surface area contributed by atoms with Gasteiger partial charge in [-0.15, -0.1) is 0 Å². The zero-order chi connectivity index (χ0) is 7.78. The maximum atomic E-state index is 10.9. The highest BCUT2D eigenvalue weighted by atomic mass is 35.5. The van der Waals surface area contributed by atoms with Gasteiger partial charge in [0.25, 0.3) is 0 Å². The number of rotatable bonds is 1. The second-order valence-corrected chi connectivity index (χ2v) is 5.37. The molecule has 5 heteroatoms. The topological polar surface area (TPSA) is 61.8 Å². The van der Waals surface area contributed by atoms with E-state index in [1.165, 1.54) is 0 Å². The van der Waals surface area contributed by atoms with Crippen molar-refractivity contribution in [2.45, 2.75) is 19.4 Å². The Kier molecular flexibility index (Phi) is 3.80. The van der Waals surface area contributed by atoms with E-state index in [9.17, 15) is 8.42 Å². The van der Waals surface area contributed by atoms with Crippen LogP contribution in [0.25, 0.3) is 0 Å². The van der Waals surface area contributed by atoms with Crippen LogP contribution in [0.1, 0.15) is 13.3 Å². The van der Waals surface area contributed by atoms with Gasteiger partial charge in [0.15, 0.2) is 9.84 Å². The van der Waals surface area contributed by atoms with Gasteiger partial charge in [0.2, 0.25) is 0 Å². The molecule has 68 valence electrons. The number of sulfone groups is 1. The molecule has 11 heavy (non-hydrogen) atoms. The Labute approximate surface area is 73.7 Å². The highest BCUT2D eigenvalue weighted by molar-refractivity contribution is 7.91. The molecule has 0 spiro atoms. The van der Waals surface area contributed by atoms with Crippen LogP contribution in [0.15, 0.2) is 0 Å². The molecule has 1 fully saturated rings. The average Bonchev–Trinajstić information content (AvgIpc) is 2.10. The molecule has 0 aliphatic carbocycles. The Morgan fingerprint density at radius 3 is 2.27 bits per heavy atom. The van der Waals surface area contributed by atoms with E-state index in [1.54, 1.807) is 0 Å². The first-order chi connectivity index (χ1) is 4.51. The number of quaternary nitrogens is 1. The highest BCUT2D eigenvalue weighted by Gasteiger charge is 2.31. The fourth-order valence-corrected chi connectivity index (χ4v) is 3.25. The minimum Gasteiger partial charge on any atom is -1.00 e. The van der Waals surface area contributed by atoms with Crippen molar-refractivity contribution in [1.82, 2.24) is 0 Å². The van der Waals surface area contributed by atoms with E-state index >= 15 is 0 Å². The van der Waals surface area contributed by atoms with Crippen molar-refractivity contribution in [3.05, 3.63) is 0 Å². The minimum absolute atomic E-state index is 0. The maximum absolute atomic E-state index is 10.9. The summed E-state index contributed by atoms with van der Waals surface area (Å²) < 4.78 is 21.8. The Bertz CT molecular complexity index is 213. The number of hydrogen-bond donors (Lipinski definition) is 1. The molecule has 3 N–H and O–H groups in total. The summed E-state index contributed by atoms with van der Waals surface area (Å²) >= 11 is 0. The Hall–Kier alpha value is 0.200. The largest absolute Gasteiger partial charge is 1.00 e. The molecule has 0 radical (unpaired) electrons. The lowest BCUT2D eigenvalue weighted by atomic mass is 10.0. The van der Waals surface area contributed by atoms with Crippen molar-refractivity contribution in [3.8, 4) is 0 Å². The molecule has 1 aliphatic rings. The van der Waals surface area contributed by atoms with E-state index in [0.717, 1.165) is 6.42 Å². The van der Waals surface area contributed by atoms with Gasteiger partial charge in [-0.3, -0.25) is 0 Å². The molecule has 0 bridgehead atoms. The van der Waals surface area contributed by atoms with Gasteiger partial charge in [-0.05, 0) is 13.3 Å². The lowest BCUT2D eigenvalue weighted by Gasteiger charge is -2.06. The van der Waals surface area contributed by atoms with Gasteiger partial charge in [0.05, 0.1) is 17.5 Å². The van der Waals surface area contributed by atoms with Crippen molar-refractivity contribution in [3.63, 3.8) is 0 Å². The van der Waals surface area contributed by atoms with Gasteiger partial charge >= 0.3 is 0 Å². The zero-order valence-electron chi connectivity index (χ0n) is 6.59. The van der Waals surface area contributed by atoms with Crippen LogP contribution in [0.2, 0.25) is 0 Å². The van der Waals surface area contributed by atoms with Crippen molar-refractivity contribution in [2.75, 3.05) is 11.5 Å². The second-order valence-electron chi connectivity index (χ2n) is 3.14. The molecule has 0 aromatic heterocycles. The summed E-state index contributed by atoms with van der Waals surface area (Å²) in [5.41, 5.74) is 3.82. The summed E-state index contributed by atoms with van der Waals surface area (Å²) in [6, 6.07) is 0.275. The molecule has 1 aliphatic heterocycles. The van der Waals surface area contributed by atoms with Crippen molar-refractivity contribution in [2.24, 2.45) is 5.92 Å². The quantitative estimate of drug-likeness (QED) is 0.469. The molecule has 0 aromatic rings. The smallest absolute Gasteiger partial charge is 0.150 e. The van der Waals surface area contributed by atoms with Crippen LogP contribution < -0.4 is 18.1 Å². The third-order valence-corrected chi connectivity index (χ3v) is 3.87. The normalized spacial score (nSPS) is 30.9. The summed E-state index contributed by atoms with van der Waals surface area (Å²) in [4.78, 5) is 0. The van der Waals surface area contributed by atoms with E-state index in [2.05, 4.69) is 5.73 Å². The standard InChI is InChI=1S/C6H13NO2S.ClH/c1-5(7)6-2-3-10(8,9)4-6;/h5-6H,2-4,7H2,1H3;1H. The molecule has 1 heterocycles. The third kappa shape index (κ3) is 2.97. The van der Waals surface area contributed by atoms with E-state index in [1.807, 2.05) is 6.92 Å². The van der Waals surface area contributed by atoms with E-state index in [4.69, 9.17) is 0 Å². The summed E-state index contributed by atoms with van der Waals surface area (Å²) in [5, 5.41) is 0. The van der Waals surface area contributed by atoms with Crippen LogP contribution in [-0.4, -0.2) is 26.0 Å². The van der Waals surface area contributed by atoms with Gasteiger partial charge in [-0.2, -0.15) is 0 Å². The molecular formula is C6H14ClNO2S. The van der Waals surface area contributed by atoms with Crippen LogP contribution in [0, 0.1) is 5.92 Å². The zero-order valence-corrected chi connectivity index (χ0v) is 8.16.